The van der Waals surface area contributed by atoms with Crippen molar-refractivity contribution in [3.63, 3.8) is 0 Å². The number of fused-ring (bicyclic) bond motifs is 1. The van der Waals surface area contributed by atoms with E-state index in [4.69, 9.17) is 19.6 Å². The largest absolute Gasteiger partial charge is 0.352 e. The number of halogens is 1. The number of aromatic nitrogens is 2. The third-order valence-electron chi connectivity index (χ3n) is 5.41. The maximum absolute atomic E-state index is 12.6. The van der Waals surface area contributed by atoms with Crippen molar-refractivity contribution in [2.45, 2.75) is 0 Å². The number of carbonyl (C=O) groups excluding carboxylic acids is 1. The lowest BCUT2D eigenvalue weighted by Gasteiger charge is -2.60. The van der Waals surface area contributed by atoms with E-state index in [1.807, 2.05) is 35.2 Å². The summed E-state index contributed by atoms with van der Waals surface area (Å²) in [5, 5.41) is 1.55. The molecule has 5 nitrogen and oxygen atoms in total. The average molecular weight is 375 g/mol. The summed E-state index contributed by atoms with van der Waals surface area (Å²) >= 11 is 6.27. The van der Waals surface area contributed by atoms with Crippen LogP contribution >= 0.6 is 11.6 Å². The molecule has 5 rings (SSSR count). The van der Waals surface area contributed by atoms with E-state index in [0.29, 0.717) is 10.6 Å². The Labute approximate surface area is 163 Å². The molecule has 2 aliphatic rings. The minimum atomic E-state index is 0.0286. The summed E-state index contributed by atoms with van der Waals surface area (Å²) in [4.78, 5) is 25.1. The lowest BCUT2D eigenvalue weighted by Crippen LogP contribution is -2.72. The van der Waals surface area contributed by atoms with Gasteiger partial charge in [-0.3, -0.25) is 14.8 Å². The van der Waals surface area contributed by atoms with Crippen LogP contribution in [0.25, 0.3) is 22.2 Å². The van der Waals surface area contributed by atoms with Crippen LogP contribution in [-0.2, 0) is 0 Å². The van der Waals surface area contributed by atoms with Gasteiger partial charge in [0.2, 0.25) is 0 Å². The van der Waals surface area contributed by atoms with Gasteiger partial charge in [-0.05, 0) is 43.4 Å². The Hall–Kier alpha value is -2.44. The van der Waals surface area contributed by atoms with E-state index < -0.39 is 0 Å². The molecule has 2 aromatic heterocycles. The van der Waals surface area contributed by atoms with Gasteiger partial charge in [-0.1, -0.05) is 17.7 Å². The van der Waals surface area contributed by atoms with Crippen LogP contribution in [0.15, 0.2) is 48.8 Å². The quantitative estimate of drug-likeness (QED) is 0.647. The fourth-order valence-corrected chi connectivity index (χ4v) is 4.28. The predicted octanol–water partition coefficient (Wildman–Crippen LogP) is 2.79. The van der Waals surface area contributed by atoms with E-state index >= 15 is 0 Å². The second-order valence-electron chi connectivity index (χ2n) is 7.52. The monoisotopic (exact) mass is 374 g/mol. The van der Waals surface area contributed by atoms with Crippen molar-refractivity contribution in [1.82, 2.24) is 19.7 Å². The Morgan fingerprint density at radius 3 is 2.59 bits per heavy atom. The molecule has 0 aliphatic carbocycles. The molecule has 27 heavy (non-hydrogen) atoms. The number of amides is 1. The first kappa shape index (κ1) is 16.7. The van der Waals surface area contributed by atoms with Gasteiger partial charge in [0.15, 0.2) is 7.98 Å². The summed E-state index contributed by atoms with van der Waals surface area (Å²) < 4.78 is 0. The number of nitrogens with zero attached hydrogens (tertiary/aromatic N) is 4. The summed E-state index contributed by atoms with van der Waals surface area (Å²) in [6.07, 6.45) is 3.34. The van der Waals surface area contributed by atoms with Gasteiger partial charge in [-0.25, -0.2) is 0 Å². The Morgan fingerprint density at radius 2 is 1.89 bits per heavy atom. The summed E-state index contributed by atoms with van der Waals surface area (Å²) in [5.74, 6) is 0.0286. The standard InChI is InChI=1S/C20H16BClN4O/c21-26-11-20(12-26)9-25(10-20)19(27)14-2-3-17(24-8-14)13-1-4-18-15(7-13)16(22)5-6-23-18/h1-8H,9-12H2. The van der Waals surface area contributed by atoms with Crippen molar-refractivity contribution in [2.24, 2.45) is 5.41 Å². The molecule has 7 heteroatoms. The highest BCUT2D eigenvalue weighted by Crippen LogP contribution is 2.39. The zero-order valence-corrected chi connectivity index (χ0v) is 15.4. The first-order valence-corrected chi connectivity index (χ1v) is 9.21. The molecular formula is C20H16BClN4O. The molecular weight excluding hydrogens is 359 g/mol. The third kappa shape index (κ3) is 2.80. The minimum Gasteiger partial charge on any atom is -0.352 e. The van der Waals surface area contributed by atoms with Gasteiger partial charge in [0.25, 0.3) is 5.91 Å². The normalized spacial score (nSPS) is 18.3. The third-order valence-corrected chi connectivity index (χ3v) is 5.74. The van der Waals surface area contributed by atoms with E-state index in [-0.39, 0.29) is 11.3 Å². The van der Waals surface area contributed by atoms with Crippen molar-refractivity contribution in [3.8, 4) is 11.3 Å². The van der Waals surface area contributed by atoms with Crippen LogP contribution in [0.1, 0.15) is 10.4 Å². The zero-order chi connectivity index (χ0) is 18.6. The van der Waals surface area contributed by atoms with Crippen LogP contribution in [0.2, 0.25) is 5.02 Å². The molecule has 1 aromatic carbocycles. The second-order valence-corrected chi connectivity index (χ2v) is 7.93. The van der Waals surface area contributed by atoms with E-state index in [0.717, 1.165) is 48.3 Å². The van der Waals surface area contributed by atoms with Gasteiger partial charge in [-0.2, -0.15) is 0 Å². The van der Waals surface area contributed by atoms with Gasteiger partial charge < -0.3 is 9.71 Å². The van der Waals surface area contributed by atoms with Gasteiger partial charge in [0.1, 0.15) is 0 Å². The number of likely N-dealkylation sites (tertiary alicyclic amines) is 1. The number of rotatable bonds is 2. The number of hydrogen-bond donors (Lipinski definition) is 0. The van der Waals surface area contributed by atoms with Crippen LogP contribution < -0.4 is 0 Å². The Kier molecular flexibility index (Phi) is 3.74. The predicted molar refractivity (Wildman–Crippen MR) is 106 cm³/mol. The molecule has 0 bridgehead atoms. The van der Waals surface area contributed by atoms with Crippen LogP contribution in [0.5, 0.6) is 0 Å². The molecule has 1 amide bonds. The van der Waals surface area contributed by atoms with Crippen LogP contribution in [-0.4, -0.2) is 59.7 Å². The highest BCUT2D eigenvalue weighted by atomic mass is 35.5. The van der Waals surface area contributed by atoms with E-state index in [1.165, 1.54) is 0 Å². The van der Waals surface area contributed by atoms with Crippen LogP contribution in [0.4, 0.5) is 0 Å². The van der Waals surface area contributed by atoms with Gasteiger partial charge >= 0.3 is 0 Å². The molecule has 0 saturated carbocycles. The SMILES string of the molecule is [B]N1CC2(C1)CN(C(=O)c1ccc(-c3ccc4nccc(Cl)c4c3)nc1)C2. The number of benzene rings is 1. The van der Waals surface area contributed by atoms with Gasteiger partial charge in [0, 0.05) is 41.8 Å². The smallest absolute Gasteiger partial charge is 0.255 e. The topological polar surface area (TPSA) is 49.3 Å². The summed E-state index contributed by atoms with van der Waals surface area (Å²) in [6.45, 7) is 3.29. The summed E-state index contributed by atoms with van der Waals surface area (Å²) in [6, 6.07) is 11.3. The molecule has 132 valence electrons. The van der Waals surface area contributed by atoms with E-state index in [2.05, 4.69) is 9.97 Å². The molecule has 2 aliphatic heterocycles. The molecule has 4 heterocycles. The van der Waals surface area contributed by atoms with E-state index in [1.54, 1.807) is 23.3 Å². The van der Waals surface area contributed by atoms with Gasteiger partial charge in [0.05, 0.1) is 21.8 Å². The highest BCUT2D eigenvalue weighted by molar-refractivity contribution is 6.35. The summed E-state index contributed by atoms with van der Waals surface area (Å²) in [7, 11) is 5.72. The number of carbonyl (C=O) groups is 1. The van der Waals surface area contributed by atoms with Gasteiger partial charge in [-0.15, -0.1) is 0 Å². The van der Waals surface area contributed by atoms with Crippen molar-refractivity contribution < 1.29 is 4.79 Å². The average Bonchev–Trinajstić information content (AvgIpc) is 2.63. The summed E-state index contributed by atoms with van der Waals surface area (Å²) in [5.41, 5.74) is 3.41. The Morgan fingerprint density at radius 1 is 1.07 bits per heavy atom. The lowest BCUT2D eigenvalue weighted by molar-refractivity contribution is -0.0633. The zero-order valence-electron chi connectivity index (χ0n) is 14.6. The fourth-order valence-electron chi connectivity index (χ4n) is 4.07. The maximum Gasteiger partial charge on any atom is 0.255 e. The molecule has 2 radical (unpaired) electrons. The minimum absolute atomic E-state index is 0.0286. The molecule has 2 saturated heterocycles. The number of hydrogen-bond acceptors (Lipinski definition) is 4. The lowest BCUT2D eigenvalue weighted by atomic mass is 9.71. The molecule has 2 fully saturated rings. The molecule has 0 N–H and O–H groups in total. The van der Waals surface area contributed by atoms with Crippen molar-refractivity contribution in [2.75, 3.05) is 26.2 Å². The highest BCUT2D eigenvalue weighted by Gasteiger charge is 2.51. The van der Waals surface area contributed by atoms with Crippen LogP contribution in [0.3, 0.4) is 0 Å². The van der Waals surface area contributed by atoms with Crippen molar-refractivity contribution in [1.29, 1.82) is 0 Å². The van der Waals surface area contributed by atoms with E-state index in [9.17, 15) is 4.79 Å². The molecule has 3 aromatic rings. The first-order chi connectivity index (χ1) is 13.0. The first-order valence-electron chi connectivity index (χ1n) is 8.83. The Bertz CT molecular complexity index is 1040. The molecule has 0 atom stereocenters. The van der Waals surface area contributed by atoms with Crippen molar-refractivity contribution in [3.05, 3.63) is 59.4 Å². The number of pyridine rings is 2. The fraction of sp³-hybridized carbons (Fsp3) is 0.250. The molecule has 1 spiro atoms. The molecule has 0 unspecified atom stereocenters. The Balaban J connectivity index is 1.35. The maximum atomic E-state index is 12.6. The van der Waals surface area contributed by atoms with Crippen LogP contribution in [0, 0.1) is 5.41 Å². The second kappa shape index (κ2) is 6.04. The van der Waals surface area contributed by atoms with Crippen molar-refractivity contribution >= 4 is 36.4 Å².